The van der Waals surface area contributed by atoms with Gasteiger partial charge in [-0.15, -0.1) is 0 Å². The molecule has 0 unspecified atom stereocenters. The summed E-state index contributed by atoms with van der Waals surface area (Å²) >= 11 is 24.3. The van der Waals surface area contributed by atoms with E-state index < -0.39 is 18.1 Å². The van der Waals surface area contributed by atoms with Gasteiger partial charge in [-0.3, -0.25) is 4.79 Å². The van der Waals surface area contributed by atoms with E-state index >= 15 is 0 Å². The molecule has 0 aliphatic carbocycles. The molecule has 0 aliphatic heterocycles. The highest BCUT2D eigenvalue weighted by atomic mass is 35.5. The lowest BCUT2D eigenvalue weighted by Crippen LogP contribution is -2.33. The average molecular weight is 421 g/mol. The Kier molecular flexibility index (Phi) is 7.01. The number of nitrogens with two attached hydrogens (primary N) is 1. The number of carbonyl (C=O) groups is 1. The van der Waals surface area contributed by atoms with Crippen molar-refractivity contribution in [3.05, 3.63) is 67.6 Å². The van der Waals surface area contributed by atoms with Gasteiger partial charge in [0.25, 0.3) is 0 Å². The first kappa shape index (κ1) is 20.3. The van der Waals surface area contributed by atoms with Gasteiger partial charge in [-0.2, -0.15) is 0 Å². The van der Waals surface area contributed by atoms with Gasteiger partial charge in [-0.05, 0) is 49.2 Å². The second-order valence-corrected chi connectivity index (χ2v) is 7.38. The molecule has 0 fully saturated rings. The van der Waals surface area contributed by atoms with Crippen molar-refractivity contribution in [2.45, 2.75) is 31.9 Å². The van der Waals surface area contributed by atoms with E-state index in [1.807, 2.05) is 12.1 Å². The van der Waals surface area contributed by atoms with Crippen LogP contribution in [0.15, 0.2) is 36.4 Å². The van der Waals surface area contributed by atoms with Crippen LogP contribution in [0.2, 0.25) is 20.1 Å². The summed E-state index contributed by atoms with van der Waals surface area (Å²) in [4.78, 5) is 11.9. The highest BCUT2D eigenvalue weighted by Crippen LogP contribution is 2.36. The van der Waals surface area contributed by atoms with E-state index in [-0.39, 0.29) is 5.92 Å². The zero-order chi connectivity index (χ0) is 18.7. The standard InChI is InChI=1S/C18H17Cl4NO2/c1-9(23)18(24)25-10(2)17(11-3-5-13(19)15(21)7-11)12-4-6-14(20)16(22)8-12/h3-10,17H,23H2,1-2H3/t9-,10-/m0/s1. The van der Waals surface area contributed by atoms with E-state index in [0.717, 1.165) is 11.1 Å². The predicted molar refractivity (Wildman–Crippen MR) is 104 cm³/mol. The lowest BCUT2D eigenvalue weighted by molar-refractivity contribution is -0.149. The molecule has 0 saturated carbocycles. The third-order valence-corrected chi connectivity index (χ3v) is 5.23. The first-order chi connectivity index (χ1) is 11.7. The molecule has 3 nitrogen and oxygen atoms in total. The highest BCUT2D eigenvalue weighted by molar-refractivity contribution is 6.42. The van der Waals surface area contributed by atoms with Gasteiger partial charge in [0.1, 0.15) is 12.1 Å². The molecule has 0 heterocycles. The molecule has 2 aromatic rings. The van der Waals surface area contributed by atoms with Gasteiger partial charge >= 0.3 is 5.97 Å². The second kappa shape index (κ2) is 8.61. The van der Waals surface area contributed by atoms with E-state index in [1.165, 1.54) is 0 Å². The zero-order valence-electron chi connectivity index (χ0n) is 13.6. The van der Waals surface area contributed by atoms with Crippen molar-refractivity contribution in [1.82, 2.24) is 0 Å². The highest BCUT2D eigenvalue weighted by Gasteiger charge is 2.27. The summed E-state index contributed by atoms with van der Waals surface area (Å²) in [6, 6.07) is 9.83. The van der Waals surface area contributed by atoms with Gasteiger partial charge in [-0.1, -0.05) is 58.5 Å². The minimum atomic E-state index is -0.717. The van der Waals surface area contributed by atoms with Gasteiger partial charge in [-0.25, -0.2) is 0 Å². The van der Waals surface area contributed by atoms with Crippen LogP contribution in [0.3, 0.4) is 0 Å². The van der Waals surface area contributed by atoms with Gasteiger partial charge < -0.3 is 10.5 Å². The maximum Gasteiger partial charge on any atom is 0.322 e. The number of halogens is 4. The number of benzene rings is 2. The molecular formula is C18H17Cl4NO2. The monoisotopic (exact) mass is 419 g/mol. The molecule has 134 valence electrons. The molecule has 0 bridgehead atoms. The molecule has 2 aromatic carbocycles. The third kappa shape index (κ3) is 5.02. The molecule has 2 N–H and O–H groups in total. The number of carbonyl (C=O) groups excluding carboxylic acids is 1. The predicted octanol–water partition coefficient (Wildman–Crippen LogP) is 5.71. The number of rotatable bonds is 5. The molecule has 0 aliphatic rings. The van der Waals surface area contributed by atoms with Crippen molar-refractivity contribution in [2.75, 3.05) is 0 Å². The van der Waals surface area contributed by atoms with Gasteiger partial charge in [0.15, 0.2) is 0 Å². The van der Waals surface area contributed by atoms with Crippen molar-refractivity contribution in [1.29, 1.82) is 0 Å². The molecule has 0 aromatic heterocycles. The minimum absolute atomic E-state index is 0.313. The van der Waals surface area contributed by atoms with Crippen molar-refractivity contribution < 1.29 is 9.53 Å². The van der Waals surface area contributed by atoms with Crippen molar-refractivity contribution in [3.8, 4) is 0 Å². The first-order valence-electron chi connectivity index (χ1n) is 7.56. The van der Waals surface area contributed by atoms with E-state index in [0.29, 0.717) is 20.1 Å². The smallest absolute Gasteiger partial charge is 0.322 e. The maximum absolute atomic E-state index is 11.9. The van der Waals surface area contributed by atoms with Crippen LogP contribution in [-0.4, -0.2) is 18.1 Å². The Morgan fingerprint density at radius 1 is 0.880 bits per heavy atom. The fourth-order valence-corrected chi connectivity index (χ4v) is 3.12. The van der Waals surface area contributed by atoms with Crippen molar-refractivity contribution in [3.63, 3.8) is 0 Å². The molecule has 0 radical (unpaired) electrons. The van der Waals surface area contributed by atoms with E-state index in [9.17, 15) is 4.79 Å². The van der Waals surface area contributed by atoms with Crippen LogP contribution in [0.4, 0.5) is 0 Å². The van der Waals surface area contributed by atoms with Crippen LogP contribution in [0.5, 0.6) is 0 Å². The Labute approximate surface area is 167 Å². The van der Waals surface area contributed by atoms with Crippen LogP contribution in [0.25, 0.3) is 0 Å². The van der Waals surface area contributed by atoms with Crippen molar-refractivity contribution >= 4 is 52.4 Å². The summed E-state index contributed by atoms with van der Waals surface area (Å²) in [7, 11) is 0. The average Bonchev–Trinajstić information content (AvgIpc) is 2.54. The summed E-state index contributed by atoms with van der Waals surface area (Å²) in [5.41, 5.74) is 7.26. The Morgan fingerprint density at radius 2 is 1.32 bits per heavy atom. The molecule has 0 amide bonds. The quantitative estimate of drug-likeness (QED) is 0.630. The Bertz CT molecular complexity index is 728. The van der Waals surface area contributed by atoms with Gasteiger partial charge in [0, 0.05) is 5.92 Å². The topological polar surface area (TPSA) is 52.3 Å². The summed E-state index contributed by atoms with van der Waals surface area (Å²) in [5, 5.41) is 1.71. The third-order valence-electron chi connectivity index (χ3n) is 3.75. The van der Waals surface area contributed by atoms with Crippen LogP contribution in [-0.2, 0) is 9.53 Å². The number of hydrogen-bond acceptors (Lipinski definition) is 3. The van der Waals surface area contributed by atoms with E-state index in [1.54, 1.807) is 38.1 Å². The number of esters is 1. The van der Waals surface area contributed by atoms with E-state index in [2.05, 4.69) is 0 Å². The lowest BCUT2D eigenvalue weighted by Gasteiger charge is -2.26. The van der Waals surface area contributed by atoms with Crippen LogP contribution >= 0.6 is 46.4 Å². The number of hydrogen-bond donors (Lipinski definition) is 1. The molecule has 7 heteroatoms. The molecule has 2 atom stereocenters. The van der Waals surface area contributed by atoms with Crippen molar-refractivity contribution in [2.24, 2.45) is 5.73 Å². The fraction of sp³-hybridized carbons (Fsp3) is 0.278. The SMILES string of the molecule is C[C@H](N)C(=O)O[C@@H](C)C(c1ccc(Cl)c(Cl)c1)c1ccc(Cl)c(Cl)c1. The summed E-state index contributed by atoms with van der Waals surface area (Å²) < 4.78 is 5.51. The van der Waals surface area contributed by atoms with Crippen LogP contribution < -0.4 is 5.73 Å². The molecular weight excluding hydrogens is 404 g/mol. The van der Waals surface area contributed by atoms with E-state index in [4.69, 9.17) is 56.9 Å². The van der Waals surface area contributed by atoms with Gasteiger partial charge in [0.2, 0.25) is 0 Å². The normalized spacial score (nSPS) is 13.6. The lowest BCUT2D eigenvalue weighted by atomic mass is 9.87. The second-order valence-electron chi connectivity index (χ2n) is 5.76. The largest absolute Gasteiger partial charge is 0.461 e. The summed E-state index contributed by atoms with van der Waals surface area (Å²) in [6.45, 7) is 3.36. The zero-order valence-corrected chi connectivity index (χ0v) is 16.6. The summed E-state index contributed by atoms with van der Waals surface area (Å²) in [6.07, 6.45) is -0.506. The first-order valence-corrected chi connectivity index (χ1v) is 9.08. The Hall–Kier alpha value is -0.970. The van der Waals surface area contributed by atoms with Gasteiger partial charge in [0.05, 0.1) is 20.1 Å². The van der Waals surface area contributed by atoms with Crippen LogP contribution in [0.1, 0.15) is 30.9 Å². The maximum atomic E-state index is 11.9. The Morgan fingerprint density at radius 3 is 1.68 bits per heavy atom. The molecule has 25 heavy (non-hydrogen) atoms. The summed E-state index contributed by atoms with van der Waals surface area (Å²) in [5.74, 6) is -0.801. The molecule has 0 saturated heterocycles. The number of ether oxygens (including phenoxy) is 1. The van der Waals surface area contributed by atoms with Crippen LogP contribution in [0, 0.1) is 0 Å². The Balaban J connectivity index is 2.48. The fourth-order valence-electron chi connectivity index (χ4n) is 2.50. The molecule has 0 spiro atoms. The molecule has 2 rings (SSSR count). The minimum Gasteiger partial charge on any atom is -0.461 e.